The molecule has 0 aliphatic rings. The van der Waals surface area contributed by atoms with Gasteiger partial charge in [0.1, 0.15) is 5.82 Å². The van der Waals surface area contributed by atoms with Crippen LogP contribution in [0, 0.1) is 11.8 Å². The molecule has 150 valence electrons. The zero-order valence-electron chi connectivity index (χ0n) is 15.7. The molecule has 4 aromatic rings. The number of para-hydroxylation sites is 1. The van der Waals surface area contributed by atoms with Crippen molar-refractivity contribution in [2.45, 2.75) is 6.54 Å². The van der Waals surface area contributed by atoms with Crippen molar-refractivity contribution in [3.63, 3.8) is 0 Å². The van der Waals surface area contributed by atoms with Gasteiger partial charge in [-0.3, -0.25) is 0 Å². The quantitative estimate of drug-likeness (QED) is 0.464. The van der Waals surface area contributed by atoms with Crippen molar-refractivity contribution in [3.8, 4) is 0 Å². The third-order valence-electron chi connectivity index (χ3n) is 4.18. The minimum atomic E-state index is -0.604. The predicted octanol–water partition coefficient (Wildman–Crippen LogP) is 4.21. The summed E-state index contributed by atoms with van der Waals surface area (Å²) >= 11 is 0. The normalized spacial score (nSPS) is 10.6. The van der Waals surface area contributed by atoms with Gasteiger partial charge >= 0.3 is 0 Å². The van der Waals surface area contributed by atoms with Crippen molar-refractivity contribution in [1.82, 2.24) is 19.9 Å². The van der Waals surface area contributed by atoms with Gasteiger partial charge in [0, 0.05) is 17.6 Å². The molecule has 0 aliphatic carbocycles. The summed E-state index contributed by atoms with van der Waals surface area (Å²) in [4.78, 5) is 18.1. The number of hydrogen-bond donors (Lipinski definition) is 2. The fourth-order valence-corrected chi connectivity index (χ4v) is 2.83. The van der Waals surface area contributed by atoms with Crippen molar-refractivity contribution in [2.75, 3.05) is 16.0 Å². The summed E-state index contributed by atoms with van der Waals surface area (Å²) in [5, 5.41) is 3.07. The van der Waals surface area contributed by atoms with Crippen LogP contribution < -0.4 is 16.0 Å². The van der Waals surface area contributed by atoms with Crippen LogP contribution in [0.25, 0.3) is 0 Å². The SMILES string of the molecule is Nc1nc(Nc2ccccc2)nc(N(Cc2ccnc(F)c2)c2ccc(F)cc2)n1. The van der Waals surface area contributed by atoms with E-state index >= 15 is 0 Å². The van der Waals surface area contributed by atoms with Gasteiger partial charge in [-0.1, -0.05) is 18.2 Å². The second-order valence-electron chi connectivity index (χ2n) is 6.36. The van der Waals surface area contributed by atoms with Crippen LogP contribution in [0.5, 0.6) is 0 Å². The van der Waals surface area contributed by atoms with Crippen molar-refractivity contribution in [3.05, 3.63) is 90.3 Å². The lowest BCUT2D eigenvalue weighted by Crippen LogP contribution is -2.21. The Labute approximate surface area is 171 Å². The number of nitrogens with one attached hydrogen (secondary N) is 1. The van der Waals surface area contributed by atoms with Crippen LogP contribution in [0.2, 0.25) is 0 Å². The summed E-state index contributed by atoms with van der Waals surface area (Å²) in [5.74, 6) is -0.503. The summed E-state index contributed by atoms with van der Waals surface area (Å²) in [6.45, 7) is 0.208. The third kappa shape index (κ3) is 4.64. The maximum atomic E-state index is 13.6. The Morgan fingerprint density at radius 1 is 0.900 bits per heavy atom. The highest BCUT2D eigenvalue weighted by Gasteiger charge is 2.16. The Hall–Kier alpha value is -4.14. The Kier molecular flexibility index (Phi) is 5.42. The Morgan fingerprint density at radius 3 is 2.40 bits per heavy atom. The van der Waals surface area contributed by atoms with Gasteiger partial charge in [0.25, 0.3) is 0 Å². The number of benzene rings is 2. The average Bonchev–Trinajstić information content (AvgIpc) is 2.73. The van der Waals surface area contributed by atoms with Gasteiger partial charge in [0.15, 0.2) is 0 Å². The standard InChI is InChI=1S/C21H17F2N7/c22-15-6-8-17(9-7-15)30(13-14-10-11-25-18(23)12-14)21-28-19(24)27-20(29-21)26-16-4-2-1-3-5-16/h1-12H,13H2,(H3,24,26,27,28,29). The van der Waals surface area contributed by atoms with Crippen LogP contribution >= 0.6 is 0 Å². The molecule has 9 heteroatoms. The molecule has 4 rings (SSSR count). The molecule has 0 amide bonds. The third-order valence-corrected chi connectivity index (χ3v) is 4.18. The number of halogens is 2. The number of aromatic nitrogens is 4. The van der Waals surface area contributed by atoms with E-state index in [1.807, 2.05) is 30.3 Å². The van der Waals surface area contributed by atoms with Crippen molar-refractivity contribution in [1.29, 1.82) is 0 Å². The zero-order chi connectivity index (χ0) is 20.9. The first-order chi connectivity index (χ1) is 14.6. The maximum absolute atomic E-state index is 13.6. The first kappa shape index (κ1) is 19.2. The van der Waals surface area contributed by atoms with E-state index in [1.165, 1.54) is 24.4 Å². The van der Waals surface area contributed by atoms with Crippen molar-refractivity contribution < 1.29 is 8.78 Å². The van der Waals surface area contributed by atoms with Gasteiger partial charge < -0.3 is 16.0 Å². The predicted molar refractivity (Wildman–Crippen MR) is 110 cm³/mol. The second-order valence-corrected chi connectivity index (χ2v) is 6.36. The number of rotatable bonds is 6. The van der Waals surface area contributed by atoms with E-state index in [0.717, 1.165) is 5.69 Å². The van der Waals surface area contributed by atoms with Gasteiger partial charge in [0.05, 0.1) is 6.54 Å². The first-order valence-electron chi connectivity index (χ1n) is 9.04. The second kappa shape index (κ2) is 8.48. The molecule has 0 saturated carbocycles. The molecule has 2 aromatic heterocycles. The molecule has 0 unspecified atom stereocenters. The van der Waals surface area contributed by atoms with E-state index in [1.54, 1.807) is 23.1 Å². The summed E-state index contributed by atoms with van der Waals surface area (Å²) in [6, 6.07) is 18.1. The smallest absolute Gasteiger partial charge is 0.236 e. The lowest BCUT2D eigenvalue weighted by atomic mass is 10.2. The number of nitrogens with two attached hydrogens (primary N) is 1. The van der Waals surface area contributed by atoms with E-state index in [4.69, 9.17) is 5.73 Å². The van der Waals surface area contributed by atoms with Crippen LogP contribution in [-0.2, 0) is 6.54 Å². The first-order valence-corrected chi connectivity index (χ1v) is 9.04. The summed E-state index contributed by atoms with van der Waals surface area (Å²) in [5.41, 5.74) is 7.92. The minimum Gasteiger partial charge on any atom is -0.368 e. The number of nitrogens with zero attached hydrogens (tertiary/aromatic N) is 5. The molecule has 0 aliphatic heterocycles. The number of anilines is 5. The molecular weight excluding hydrogens is 388 g/mol. The van der Waals surface area contributed by atoms with E-state index < -0.39 is 5.95 Å². The lowest BCUT2D eigenvalue weighted by Gasteiger charge is -2.23. The highest BCUT2D eigenvalue weighted by molar-refractivity contribution is 5.61. The van der Waals surface area contributed by atoms with E-state index in [-0.39, 0.29) is 30.2 Å². The monoisotopic (exact) mass is 405 g/mol. The number of pyridine rings is 1. The van der Waals surface area contributed by atoms with Gasteiger partial charge in [-0.05, 0) is 54.1 Å². The maximum Gasteiger partial charge on any atom is 0.236 e. The van der Waals surface area contributed by atoms with Crippen LogP contribution in [0.3, 0.4) is 0 Å². The molecule has 0 fully saturated rings. The van der Waals surface area contributed by atoms with Crippen LogP contribution in [0.1, 0.15) is 5.56 Å². The molecule has 2 aromatic carbocycles. The Morgan fingerprint density at radius 2 is 1.67 bits per heavy atom. The van der Waals surface area contributed by atoms with E-state index in [2.05, 4.69) is 25.3 Å². The number of nitrogen functional groups attached to an aromatic ring is 1. The molecule has 30 heavy (non-hydrogen) atoms. The zero-order valence-corrected chi connectivity index (χ0v) is 15.7. The summed E-state index contributed by atoms with van der Waals surface area (Å²) < 4.78 is 27.1. The fraction of sp³-hybridized carbons (Fsp3) is 0.0476. The van der Waals surface area contributed by atoms with Crippen molar-refractivity contribution >= 4 is 29.2 Å². The number of hydrogen-bond acceptors (Lipinski definition) is 7. The average molecular weight is 405 g/mol. The molecule has 0 saturated heterocycles. The van der Waals surface area contributed by atoms with E-state index in [0.29, 0.717) is 11.3 Å². The van der Waals surface area contributed by atoms with Gasteiger partial charge in [-0.25, -0.2) is 9.37 Å². The molecule has 3 N–H and O–H groups in total. The molecule has 7 nitrogen and oxygen atoms in total. The highest BCUT2D eigenvalue weighted by atomic mass is 19.1. The van der Waals surface area contributed by atoms with E-state index in [9.17, 15) is 8.78 Å². The van der Waals surface area contributed by atoms with Gasteiger partial charge in [-0.15, -0.1) is 0 Å². The van der Waals surface area contributed by atoms with Gasteiger partial charge in [0.2, 0.25) is 23.8 Å². The Bertz CT molecular complexity index is 1140. The van der Waals surface area contributed by atoms with Gasteiger partial charge in [-0.2, -0.15) is 19.3 Å². The molecule has 2 heterocycles. The molecule has 0 bridgehead atoms. The molecular formula is C21H17F2N7. The molecule has 0 spiro atoms. The topological polar surface area (TPSA) is 92.8 Å². The summed E-state index contributed by atoms with van der Waals surface area (Å²) in [7, 11) is 0. The Balaban J connectivity index is 1.73. The van der Waals surface area contributed by atoms with Crippen molar-refractivity contribution in [2.24, 2.45) is 0 Å². The van der Waals surface area contributed by atoms with Crippen LogP contribution in [0.4, 0.5) is 38.0 Å². The van der Waals surface area contributed by atoms with Crippen LogP contribution in [0.15, 0.2) is 72.9 Å². The summed E-state index contributed by atoms with van der Waals surface area (Å²) in [6.07, 6.45) is 1.37. The molecule has 0 radical (unpaired) electrons. The fourth-order valence-electron chi connectivity index (χ4n) is 2.83. The largest absolute Gasteiger partial charge is 0.368 e. The highest BCUT2D eigenvalue weighted by Crippen LogP contribution is 2.27. The minimum absolute atomic E-state index is 0.00597. The lowest BCUT2D eigenvalue weighted by molar-refractivity contribution is 0.581. The van der Waals surface area contributed by atoms with Crippen LogP contribution in [-0.4, -0.2) is 19.9 Å². The molecule has 0 atom stereocenters.